The molecule has 1 saturated heterocycles. The summed E-state index contributed by atoms with van der Waals surface area (Å²) in [6.07, 6.45) is 3.69. The molecule has 1 unspecified atom stereocenters. The lowest BCUT2D eigenvalue weighted by Crippen LogP contribution is -2.32. The molecule has 19 heavy (non-hydrogen) atoms. The lowest BCUT2D eigenvalue weighted by molar-refractivity contribution is 0.174. The standard InChI is InChI=1S/C15H22N2O2/c16-9-13(10-17-5-1-2-6-17)7-12-3-4-14-15(8-12)19-11-18-14/h3-4,8,13H,1-2,5-7,9-11,16H2. The highest BCUT2D eigenvalue weighted by atomic mass is 16.7. The van der Waals surface area contributed by atoms with E-state index in [9.17, 15) is 0 Å². The minimum absolute atomic E-state index is 0.340. The second-order valence-electron chi connectivity index (χ2n) is 5.50. The van der Waals surface area contributed by atoms with Crippen molar-refractivity contribution in [2.24, 2.45) is 11.7 Å². The molecule has 0 aromatic heterocycles. The smallest absolute Gasteiger partial charge is 0.231 e. The van der Waals surface area contributed by atoms with Crippen LogP contribution in [0.25, 0.3) is 0 Å². The first-order valence-electron chi connectivity index (χ1n) is 7.16. The van der Waals surface area contributed by atoms with E-state index >= 15 is 0 Å². The molecule has 0 spiro atoms. The van der Waals surface area contributed by atoms with Crippen LogP contribution >= 0.6 is 0 Å². The summed E-state index contributed by atoms with van der Waals surface area (Å²) in [5, 5.41) is 0. The summed E-state index contributed by atoms with van der Waals surface area (Å²) in [7, 11) is 0. The van der Waals surface area contributed by atoms with Crippen LogP contribution in [0, 0.1) is 5.92 Å². The van der Waals surface area contributed by atoms with Gasteiger partial charge in [0.1, 0.15) is 0 Å². The fraction of sp³-hybridized carbons (Fsp3) is 0.600. The molecule has 0 bridgehead atoms. The third kappa shape index (κ3) is 3.01. The minimum atomic E-state index is 0.340. The minimum Gasteiger partial charge on any atom is -0.454 e. The molecule has 1 fully saturated rings. The van der Waals surface area contributed by atoms with Crippen LogP contribution < -0.4 is 15.2 Å². The normalized spacial score (nSPS) is 19.8. The van der Waals surface area contributed by atoms with Crippen molar-refractivity contribution in [2.75, 3.05) is 33.0 Å². The van der Waals surface area contributed by atoms with Gasteiger partial charge in [-0.25, -0.2) is 0 Å². The van der Waals surface area contributed by atoms with Crippen LogP contribution in [-0.2, 0) is 6.42 Å². The Kier molecular flexibility index (Phi) is 3.89. The van der Waals surface area contributed by atoms with E-state index in [1.54, 1.807) is 0 Å². The highest BCUT2D eigenvalue weighted by molar-refractivity contribution is 5.44. The Morgan fingerprint density at radius 2 is 1.95 bits per heavy atom. The highest BCUT2D eigenvalue weighted by Crippen LogP contribution is 2.33. The van der Waals surface area contributed by atoms with Crippen LogP contribution in [0.1, 0.15) is 18.4 Å². The van der Waals surface area contributed by atoms with Gasteiger partial charge in [-0.2, -0.15) is 0 Å². The second kappa shape index (κ2) is 5.80. The van der Waals surface area contributed by atoms with Gasteiger partial charge in [0.25, 0.3) is 0 Å². The summed E-state index contributed by atoms with van der Waals surface area (Å²) in [6, 6.07) is 6.22. The predicted molar refractivity (Wildman–Crippen MR) is 74.5 cm³/mol. The number of rotatable bonds is 5. The molecule has 2 N–H and O–H groups in total. The van der Waals surface area contributed by atoms with Gasteiger partial charge in [-0.1, -0.05) is 6.07 Å². The Bertz CT molecular complexity index is 430. The Morgan fingerprint density at radius 3 is 2.74 bits per heavy atom. The Hall–Kier alpha value is -1.26. The maximum atomic E-state index is 5.93. The number of ether oxygens (including phenoxy) is 2. The third-order valence-electron chi connectivity index (χ3n) is 4.01. The monoisotopic (exact) mass is 262 g/mol. The van der Waals surface area contributed by atoms with Gasteiger partial charge in [0.2, 0.25) is 6.79 Å². The third-order valence-corrected chi connectivity index (χ3v) is 4.01. The quantitative estimate of drug-likeness (QED) is 0.876. The van der Waals surface area contributed by atoms with Gasteiger partial charge < -0.3 is 20.1 Å². The van der Waals surface area contributed by atoms with E-state index in [2.05, 4.69) is 17.0 Å². The second-order valence-corrected chi connectivity index (χ2v) is 5.50. The van der Waals surface area contributed by atoms with E-state index in [0.717, 1.165) is 31.0 Å². The van der Waals surface area contributed by atoms with E-state index in [4.69, 9.17) is 15.2 Å². The molecular weight excluding hydrogens is 240 g/mol. The van der Waals surface area contributed by atoms with Crippen molar-refractivity contribution in [2.45, 2.75) is 19.3 Å². The number of likely N-dealkylation sites (tertiary alicyclic amines) is 1. The van der Waals surface area contributed by atoms with Gasteiger partial charge in [-0.15, -0.1) is 0 Å². The molecule has 1 atom stereocenters. The van der Waals surface area contributed by atoms with Crippen molar-refractivity contribution in [3.05, 3.63) is 23.8 Å². The number of benzene rings is 1. The maximum absolute atomic E-state index is 5.93. The van der Waals surface area contributed by atoms with Crippen molar-refractivity contribution in [1.29, 1.82) is 0 Å². The highest BCUT2D eigenvalue weighted by Gasteiger charge is 2.18. The van der Waals surface area contributed by atoms with E-state index in [-0.39, 0.29) is 0 Å². The van der Waals surface area contributed by atoms with Crippen molar-refractivity contribution >= 4 is 0 Å². The van der Waals surface area contributed by atoms with Crippen LogP contribution in [0.2, 0.25) is 0 Å². The molecule has 0 aliphatic carbocycles. The molecule has 1 aromatic carbocycles. The summed E-state index contributed by atoms with van der Waals surface area (Å²) in [5.41, 5.74) is 7.22. The zero-order valence-electron chi connectivity index (χ0n) is 11.3. The molecule has 104 valence electrons. The fourth-order valence-corrected chi connectivity index (χ4v) is 2.95. The van der Waals surface area contributed by atoms with Crippen molar-refractivity contribution in [3.8, 4) is 11.5 Å². The zero-order valence-corrected chi connectivity index (χ0v) is 11.3. The van der Waals surface area contributed by atoms with Gasteiger partial charge in [-0.05, 0) is 62.5 Å². The zero-order chi connectivity index (χ0) is 13.1. The Balaban J connectivity index is 1.61. The van der Waals surface area contributed by atoms with Crippen molar-refractivity contribution < 1.29 is 9.47 Å². The first-order valence-corrected chi connectivity index (χ1v) is 7.16. The molecule has 4 heteroatoms. The van der Waals surface area contributed by atoms with Crippen LogP contribution in [0.4, 0.5) is 0 Å². The van der Waals surface area contributed by atoms with Gasteiger partial charge in [-0.3, -0.25) is 0 Å². The maximum Gasteiger partial charge on any atom is 0.231 e. The van der Waals surface area contributed by atoms with Gasteiger partial charge in [0.15, 0.2) is 11.5 Å². The molecule has 1 aromatic rings. The number of hydrogen-bond donors (Lipinski definition) is 1. The SMILES string of the molecule is NCC(Cc1ccc2c(c1)OCO2)CN1CCCC1. The van der Waals surface area contributed by atoms with E-state index in [0.29, 0.717) is 12.7 Å². The molecule has 3 rings (SSSR count). The van der Waals surface area contributed by atoms with Gasteiger partial charge in [0, 0.05) is 6.54 Å². The topological polar surface area (TPSA) is 47.7 Å². The van der Waals surface area contributed by atoms with E-state index in [1.807, 2.05) is 6.07 Å². The summed E-state index contributed by atoms with van der Waals surface area (Å²) in [6.45, 7) is 4.66. The van der Waals surface area contributed by atoms with E-state index in [1.165, 1.54) is 31.5 Å². The van der Waals surface area contributed by atoms with Gasteiger partial charge >= 0.3 is 0 Å². The number of nitrogens with zero attached hydrogens (tertiary/aromatic N) is 1. The molecule has 0 amide bonds. The summed E-state index contributed by atoms with van der Waals surface area (Å²) < 4.78 is 10.8. The fourth-order valence-electron chi connectivity index (χ4n) is 2.95. The summed E-state index contributed by atoms with van der Waals surface area (Å²) in [5.74, 6) is 2.25. The molecular formula is C15H22N2O2. The van der Waals surface area contributed by atoms with Crippen LogP contribution in [0.5, 0.6) is 11.5 Å². The number of fused-ring (bicyclic) bond motifs is 1. The van der Waals surface area contributed by atoms with E-state index < -0.39 is 0 Å². The first kappa shape index (κ1) is 12.8. The summed E-state index contributed by atoms with van der Waals surface area (Å²) >= 11 is 0. The molecule has 2 aliphatic heterocycles. The predicted octanol–water partition coefficient (Wildman–Crippen LogP) is 1.63. The molecule has 2 aliphatic rings. The lowest BCUT2D eigenvalue weighted by atomic mass is 9.98. The largest absolute Gasteiger partial charge is 0.454 e. The first-order chi connectivity index (χ1) is 9.35. The average Bonchev–Trinajstić information content (AvgIpc) is 3.08. The van der Waals surface area contributed by atoms with Crippen LogP contribution in [0.15, 0.2) is 18.2 Å². The number of hydrogen-bond acceptors (Lipinski definition) is 4. The summed E-state index contributed by atoms with van der Waals surface area (Å²) in [4.78, 5) is 2.53. The molecule has 0 radical (unpaired) electrons. The van der Waals surface area contributed by atoms with Crippen molar-refractivity contribution in [3.63, 3.8) is 0 Å². The Labute approximate surface area is 114 Å². The number of nitrogens with two attached hydrogens (primary N) is 1. The van der Waals surface area contributed by atoms with Crippen molar-refractivity contribution in [1.82, 2.24) is 4.90 Å². The molecule has 4 nitrogen and oxygen atoms in total. The van der Waals surface area contributed by atoms with Crippen LogP contribution in [0.3, 0.4) is 0 Å². The van der Waals surface area contributed by atoms with Gasteiger partial charge in [0.05, 0.1) is 0 Å². The molecule has 0 saturated carbocycles. The van der Waals surface area contributed by atoms with Crippen LogP contribution in [-0.4, -0.2) is 37.9 Å². The Morgan fingerprint density at radius 1 is 1.16 bits per heavy atom. The molecule has 2 heterocycles. The lowest BCUT2D eigenvalue weighted by Gasteiger charge is -2.22. The average molecular weight is 262 g/mol.